The summed E-state index contributed by atoms with van der Waals surface area (Å²) in [7, 11) is 0. The largest absolute Gasteiger partial charge is 0.444 e. The van der Waals surface area contributed by atoms with Crippen LogP contribution in [-0.2, 0) is 9.47 Å². The van der Waals surface area contributed by atoms with E-state index in [2.05, 4.69) is 4.98 Å². The zero-order valence-corrected chi connectivity index (χ0v) is 14.0. The molecular formula is C15H22N2O4S. The summed E-state index contributed by atoms with van der Waals surface area (Å²) in [6.45, 7) is 6.55. The van der Waals surface area contributed by atoms with Crippen LogP contribution < -0.4 is 0 Å². The molecule has 1 aromatic rings. The molecule has 22 heavy (non-hydrogen) atoms. The lowest BCUT2D eigenvalue weighted by Crippen LogP contribution is -2.41. The second kappa shape index (κ2) is 7.19. The normalized spacial score (nSPS) is 18.5. The topological polar surface area (TPSA) is 68.7 Å². The fourth-order valence-electron chi connectivity index (χ4n) is 2.28. The number of amides is 1. The average molecular weight is 326 g/mol. The van der Waals surface area contributed by atoms with Gasteiger partial charge in [0.2, 0.25) is 5.78 Å². The third-order valence-corrected chi connectivity index (χ3v) is 4.03. The molecule has 1 aliphatic heterocycles. The summed E-state index contributed by atoms with van der Waals surface area (Å²) in [6, 6.07) is -0.0288. The maximum Gasteiger partial charge on any atom is 0.410 e. The van der Waals surface area contributed by atoms with Crippen LogP contribution in [0.2, 0.25) is 0 Å². The summed E-state index contributed by atoms with van der Waals surface area (Å²) in [4.78, 5) is 29.6. The van der Waals surface area contributed by atoms with E-state index in [1.165, 1.54) is 11.3 Å². The van der Waals surface area contributed by atoms with E-state index >= 15 is 0 Å². The van der Waals surface area contributed by atoms with Gasteiger partial charge in [-0.3, -0.25) is 4.79 Å². The maximum atomic E-state index is 12.1. The molecule has 6 nitrogen and oxygen atoms in total. The van der Waals surface area contributed by atoms with Crippen LogP contribution in [0.25, 0.3) is 0 Å². The number of ketones is 1. The highest BCUT2D eigenvalue weighted by Crippen LogP contribution is 2.21. The Balaban J connectivity index is 1.79. The first-order valence-corrected chi connectivity index (χ1v) is 8.25. The van der Waals surface area contributed by atoms with Gasteiger partial charge in [-0.25, -0.2) is 9.78 Å². The highest BCUT2D eigenvalue weighted by atomic mass is 32.1. The highest BCUT2D eigenvalue weighted by molar-refractivity contribution is 7.11. The van der Waals surface area contributed by atoms with Gasteiger partial charge in [0, 0.05) is 18.1 Å². The summed E-state index contributed by atoms with van der Waals surface area (Å²) in [5, 5.41) is 2.21. The molecule has 2 rings (SSSR count). The van der Waals surface area contributed by atoms with Crippen molar-refractivity contribution in [1.82, 2.24) is 9.88 Å². The molecule has 0 bridgehead atoms. The van der Waals surface area contributed by atoms with Crippen molar-refractivity contribution in [1.29, 1.82) is 0 Å². The van der Waals surface area contributed by atoms with E-state index < -0.39 is 5.60 Å². The van der Waals surface area contributed by atoms with Crippen molar-refractivity contribution in [3.05, 3.63) is 16.6 Å². The summed E-state index contributed by atoms with van der Waals surface area (Å²) in [5.74, 6) is -0.128. The van der Waals surface area contributed by atoms with E-state index in [9.17, 15) is 9.59 Å². The monoisotopic (exact) mass is 326 g/mol. The molecule has 0 spiro atoms. The van der Waals surface area contributed by atoms with Crippen molar-refractivity contribution in [2.45, 2.75) is 45.3 Å². The lowest BCUT2D eigenvalue weighted by Gasteiger charge is -2.28. The number of thiazole rings is 1. The molecule has 122 valence electrons. The number of likely N-dealkylation sites (tertiary alicyclic amines) is 1. The number of aromatic nitrogens is 1. The van der Waals surface area contributed by atoms with Crippen LogP contribution in [0.15, 0.2) is 11.6 Å². The fourth-order valence-corrected chi connectivity index (χ4v) is 2.84. The summed E-state index contributed by atoms with van der Waals surface area (Å²) in [6.07, 6.45) is 3.07. The lowest BCUT2D eigenvalue weighted by atomic mass is 10.2. The van der Waals surface area contributed by atoms with E-state index in [0.717, 1.165) is 12.8 Å². The van der Waals surface area contributed by atoms with E-state index in [1.807, 2.05) is 20.8 Å². The van der Waals surface area contributed by atoms with Crippen molar-refractivity contribution in [2.24, 2.45) is 0 Å². The van der Waals surface area contributed by atoms with Crippen molar-refractivity contribution in [2.75, 3.05) is 19.8 Å². The number of Topliss-reactive ketones (excluding diaryl/α,β-unsaturated/α-hetero) is 1. The second-order valence-electron chi connectivity index (χ2n) is 6.25. The minimum atomic E-state index is -0.508. The van der Waals surface area contributed by atoms with Gasteiger partial charge in [0.1, 0.15) is 12.2 Å². The molecule has 1 amide bonds. The van der Waals surface area contributed by atoms with Gasteiger partial charge < -0.3 is 14.4 Å². The average Bonchev–Trinajstić information content (AvgIpc) is 3.08. The molecule has 0 aromatic carbocycles. The minimum absolute atomic E-state index is 0.00777. The smallest absolute Gasteiger partial charge is 0.410 e. The number of carbonyl (C=O) groups is 2. The number of carbonyl (C=O) groups excluding carboxylic acids is 2. The molecule has 2 heterocycles. The first kappa shape index (κ1) is 16.9. The van der Waals surface area contributed by atoms with Crippen LogP contribution in [0.1, 0.15) is 43.4 Å². The Morgan fingerprint density at radius 1 is 1.45 bits per heavy atom. The number of hydrogen-bond acceptors (Lipinski definition) is 6. The van der Waals surface area contributed by atoms with Gasteiger partial charge in [-0.15, -0.1) is 11.3 Å². The molecule has 0 saturated carbocycles. The van der Waals surface area contributed by atoms with Crippen LogP contribution in [0.5, 0.6) is 0 Å². The van der Waals surface area contributed by atoms with Gasteiger partial charge >= 0.3 is 6.09 Å². The van der Waals surface area contributed by atoms with Crippen molar-refractivity contribution < 1.29 is 19.1 Å². The Hall–Kier alpha value is -1.47. The second-order valence-corrected chi connectivity index (χ2v) is 7.14. The van der Waals surface area contributed by atoms with Gasteiger partial charge in [0.05, 0.1) is 12.6 Å². The molecule has 1 atom stereocenters. The van der Waals surface area contributed by atoms with Crippen LogP contribution in [0.4, 0.5) is 4.79 Å². The van der Waals surface area contributed by atoms with Gasteiger partial charge in [0.25, 0.3) is 0 Å². The molecule has 0 radical (unpaired) electrons. The van der Waals surface area contributed by atoms with Crippen molar-refractivity contribution in [3.8, 4) is 0 Å². The Morgan fingerprint density at radius 3 is 2.86 bits per heavy atom. The molecule has 0 aliphatic carbocycles. The van der Waals surface area contributed by atoms with Gasteiger partial charge in [0.15, 0.2) is 5.01 Å². The predicted molar refractivity (Wildman–Crippen MR) is 83.2 cm³/mol. The third-order valence-electron chi connectivity index (χ3n) is 3.22. The Morgan fingerprint density at radius 2 is 2.23 bits per heavy atom. The Labute approximate surface area is 134 Å². The molecule has 1 aliphatic rings. The van der Waals surface area contributed by atoms with E-state index in [1.54, 1.807) is 16.5 Å². The van der Waals surface area contributed by atoms with E-state index in [0.29, 0.717) is 18.2 Å². The zero-order chi connectivity index (χ0) is 16.2. The number of ether oxygens (including phenoxy) is 2. The summed E-state index contributed by atoms with van der Waals surface area (Å²) >= 11 is 1.30. The molecule has 1 saturated heterocycles. The third kappa shape index (κ3) is 4.78. The lowest BCUT2D eigenvalue weighted by molar-refractivity contribution is 0.0115. The quantitative estimate of drug-likeness (QED) is 0.778. The molecule has 1 fully saturated rings. The van der Waals surface area contributed by atoms with Crippen molar-refractivity contribution in [3.63, 3.8) is 0 Å². The molecule has 1 unspecified atom stereocenters. The molecular weight excluding hydrogens is 304 g/mol. The van der Waals surface area contributed by atoms with Crippen molar-refractivity contribution >= 4 is 23.2 Å². The predicted octanol–water partition coefficient (Wildman–Crippen LogP) is 2.74. The van der Waals surface area contributed by atoms with E-state index in [-0.39, 0.29) is 24.5 Å². The van der Waals surface area contributed by atoms with Crippen LogP contribution in [0, 0.1) is 0 Å². The zero-order valence-electron chi connectivity index (χ0n) is 13.2. The first-order valence-electron chi connectivity index (χ1n) is 7.37. The van der Waals surface area contributed by atoms with Gasteiger partial charge in [-0.1, -0.05) is 0 Å². The number of nitrogens with zero attached hydrogens (tertiary/aromatic N) is 2. The molecule has 0 N–H and O–H groups in total. The van der Waals surface area contributed by atoms with E-state index in [4.69, 9.17) is 9.47 Å². The van der Waals surface area contributed by atoms with Gasteiger partial charge in [-0.05, 0) is 33.6 Å². The van der Waals surface area contributed by atoms with Crippen LogP contribution in [-0.4, -0.2) is 53.2 Å². The minimum Gasteiger partial charge on any atom is -0.444 e. The molecule has 1 aromatic heterocycles. The molecule has 7 heteroatoms. The number of rotatable bonds is 5. The fraction of sp³-hybridized carbons (Fsp3) is 0.667. The summed E-state index contributed by atoms with van der Waals surface area (Å²) < 4.78 is 10.9. The maximum absolute atomic E-state index is 12.1. The highest BCUT2D eigenvalue weighted by Gasteiger charge is 2.32. The Kier molecular flexibility index (Phi) is 5.52. The van der Waals surface area contributed by atoms with Crippen LogP contribution >= 0.6 is 11.3 Å². The standard InChI is InChI=1S/C15H22N2O4S/c1-15(2,3)21-14(19)17-7-4-5-11(17)9-20-10-12(18)13-16-6-8-22-13/h6,8,11H,4-5,7,9-10H2,1-3H3. The number of hydrogen-bond donors (Lipinski definition) is 0. The Bertz CT molecular complexity index is 510. The summed E-state index contributed by atoms with van der Waals surface area (Å²) in [5.41, 5.74) is -0.508. The SMILES string of the molecule is CC(C)(C)OC(=O)N1CCCC1COCC(=O)c1nccs1. The van der Waals surface area contributed by atoms with Gasteiger partial charge in [-0.2, -0.15) is 0 Å². The first-order chi connectivity index (χ1) is 10.4. The van der Waals surface area contributed by atoms with Crippen LogP contribution in [0.3, 0.4) is 0 Å².